The summed E-state index contributed by atoms with van der Waals surface area (Å²) >= 11 is 30.2. The fourth-order valence-corrected chi connectivity index (χ4v) is 12.5. The molecule has 21 unspecified atom stereocenters. The van der Waals surface area contributed by atoms with Gasteiger partial charge in [0.1, 0.15) is 128 Å². The topological polar surface area (TPSA) is 412 Å². The maximum absolute atomic E-state index is 11.5. The Kier molecular flexibility index (Phi) is 23.2. The molecule has 21 rings (SSSR count). The minimum Gasteiger partial charge on any atom is -0.387 e. The van der Waals surface area contributed by atoms with Gasteiger partial charge >= 0.3 is 0 Å². The minimum atomic E-state index is -1.99. The molecule has 0 aliphatic carbocycles. The molecule has 77 heavy (non-hydrogen) atoms. The van der Waals surface area contributed by atoms with E-state index in [4.69, 9.17) is 66.3 Å². The molecule has 21 fully saturated rings. The van der Waals surface area contributed by atoms with Crippen LogP contribution in [-0.2, 0) is 66.3 Å². The largest absolute Gasteiger partial charge is 0.387 e. The quantitative estimate of drug-likeness (QED) is 0.105. The van der Waals surface area contributed by atoms with E-state index in [1.165, 1.54) is 0 Å². The summed E-state index contributed by atoms with van der Waals surface area (Å²) in [5.74, 6) is -1.68. The molecule has 0 amide bonds. The van der Waals surface area contributed by atoms with Crippen LogP contribution >= 0.6 is 88.4 Å². The van der Waals surface area contributed by atoms with Crippen molar-refractivity contribution in [3.8, 4) is 0 Å². The van der Waals surface area contributed by atoms with Gasteiger partial charge in [-0.25, -0.2) is 0 Å². The summed E-state index contributed by atoms with van der Waals surface area (Å²) in [6.07, 6.45) is -59.8. The van der Waals surface area contributed by atoms with Crippen LogP contribution in [0.4, 0.5) is 0 Å². The highest BCUT2D eigenvalue weighted by Gasteiger charge is 2.59. The monoisotopic (exact) mass is 1250 g/mol. The molecule has 21 heterocycles. The van der Waals surface area contributed by atoms with Crippen molar-refractivity contribution in [2.45, 2.75) is 215 Å². The van der Waals surface area contributed by atoms with E-state index in [0.29, 0.717) is 0 Å². The Balaban J connectivity index is 1.08. The van der Waals surface area contributed by atoms with E-state index in [2.05, 4.69) is 88.4 Å². The van der Waals surface area contributed by atoms with Gasteiger partial charge in [0.2, 0.25) is 0 Å². The van der Waals surface area contributed by atoms with Gasteiger partial charge in [-0.05, 0) is 0 Å². The van der Waals surface area contributed by atoms with Gasteiger partial charge in [0.25, 0.3) is 0 Å². The molecule has 14 N–H and O–H groups in total. The highest BCUT2D eigenvalue weighted by atomic mass is 32.1. The Morgan fingerprint density at radius 3 is 0.364 bits per heavy atom. The highest BCUT2D eigenvalue weighted by molar-refractivity contribution is 7.81. The van der Waals surface area contributed by atoms with Gasteiger partial charge < -0.3 is 138 Å². The van der Waals surface area contributed by atoms with Gasteiger partial charge in [-0.2, -0.15) is 88.4 Å². The summed E-state index contributed by atoms with van der Waals surface area (Å²) in [4.78, 5) is 0. The number of aliphatic hydroxyl groups is 14. The SMILES string of the molecule is OC1C(O)[C@@H]2O[C@@H]3OC(CS)[C@@H](O[C@@H]4OC(CS)[C@@H](O[C@@H]5OC(CS)[C@@H](O[C@@H]6OC(CS)[C@@H](O[C@@H]7OC(CS)[C@@H](O[C@@H]8OC(CS)[C@@H](O[C@@H]1OC2CS)C(O)C8O)C(O)C7O)C(O)C6O)C(O)C5O)C(O)C4O)C(O)C3O. The molecular formula is C42H70O28S7. The highest BCUT2D eigenvalue weighted by Crippen LogP contribution is 2.39. The first-order chi connectivity index (χ1) is 36.7. The first kappa shape index (κ1) is 64.3. The van der Waals surface area contributed by atoms with Crippen molar-refractivity contribution in [3.05, 3.63) is 0 Å². The number of hydrogen-bond donors (Lipinski definition) is 21. The van der Waals surface area contributed by atoms with Crippen molar-refractivity contribution in [1.29, 1.82) is 0 Å². The zero-order valence-electron chi connectivity index (χ0n) is 40.3. The van der Waals surface area contributed by atoms with Crippen LogP contribution < -0.4 is 0 Å². The summed E-state index contributed by atoms with van der Waals surface area (Å²) in [6.45, 7) is 0. The Hall–Kier alpha value is 1.33. The number of thiol groups is 7. The molecule has 0 spiro atoms. The zero-order valence-corrected chi connectivity index (χ0v) is 46.5. The first-order valence-electron chi connectivity index (χ1n) is 24.6. The summed E-state index contributed by atoms with van der Waals surface area (Å²) in [7, 11) is 0. The standard InChI is InChI=1S/C42H70O28S7/c43-15-22(50)36-57-8(1-71)29(15)64-37-23(51)16(44)31(10(3-73)58-37)66-39-25(53)18(46)33(12(5-75)60-39)68-41-27(55)20(48)35(14(7-77)62-41)70-42-28(56)21(49)34(13(6-76)63-42)69-40-26(54)19(47)32(11(4-74)61-40)67-38-24(52)17(45)30(65-36)9(2-72)59-38/h8-56,71-77H,1-7H2/t8?,9?,10?,11?,12?,13?,14?,15?,16?,17?,18?,19?,20?,21?,22?,23?,24?,25?,26?,27?,28?,29-,30-,31-,32-,33-,34-,35-,36+,37+,38+,39+,40+,41+,42+/m1/s1. The number of ether oxygens (including phenoxy) is 14. The molecule has 35 heteroatoms. The smallest absolute Gasteiger partial charge is 0.187 e. The lowest BCUT2D eigenvalue weighted by Crippen LogP contribution is -2.68. The Labute approximate surface area is 478 Å². The van der Waals surface area contributed by atoms with Gasteiger partial charge in [0, 0.05) is 40.3 Å². The van der Waals surface area contributed by atoms with Crippen LogP contribution in [-0.4, -0.2) is 327 Å². The summed E-state index contributed by atoms with van der Waals surface area (Å²) in [5, 5.41) is 160. The van der Waals surface area contributed by atoms with Gasteiger partial charge in [-0.15, -0.1) is 0 Å². The molecule has 21 saturated heterocycles. The van der Waals surface area contributed by atoms with Crippen LogP contribution in [0.3, 0.4) is 0 Å². The molecule has 0 saturated carbocycles. The zero-order chi connectivity index (χ0) is 56.1. The van der Waals surface area contributed by atoms with E-state index in [1.807, 2.05) is 0 Å². The fourth-order valence-electron chi connectivity index (χ4n) is 10.4. The van der Waals surface area contributed by atoms with Gasteiger partial charge in [0.05, 0.1) is 42.7 Å². The van der Waals surface area contributed by atoms with Crippen LogP contribution in [0.25, 0.3) is 0 Å². The van der Waals surface area contributed by atoms with Gasteiger partial charge in [-0.3, -0.25) is 0 Å². The maximum atomic E-state index is 11.5. The second-order valence-corrected chi connectivity index (χ2v) is 22.2. The third kappa shape index (κ3) is 13.1. The first-order valence-corrected chi connectivity index (χ1v) is 29.0. The molecule has 0 aromatic rings. The van der Waals surface area contributed by atoms with Crippen LogP contribution in [0, 0.1) is 0 Å². The van der Waals surface area contributed by atoms with Gasteiger partial charge in [0.15, 0.2) is 44.0 Å². The second kappa shape index (κ2) is 27.8. The molecule has 0 aromatic heterocycles. The van der Waals surface area contributed by atoms with E-state index in [1.54, 1.807) is 0 Å². The third-order valence-corrected chi connectivity index (χ3v) is 17.3. The predicted octanol–water partition coefficient (Wildman–Crippen LogP) is -8.67. The van der Waals surface area contributed by atoms with Crippen LogP contribution in [0.5, 0.6) is 0 Å². The number of hydrogen-bond acceptors (Lipinski definition) is 35. The molecule has 35 atom stereocenters. The molecule has 448 valence electrons. The maximum Gasteiger partial charge on any atom is 0.187 e. The molecular weight excluding hydrogens is 1180 g/mol. The van der Waals surface area contributed by atoms with Gasteiger partial charge in [-0.1, -0.05) is 0 Å². The van der Waals surface area contributed by atoms with Crippen molar-refractivity contribution in [1.82, 2.24) is 0 Å². The second-order valence-electron chi connectivity index (χ2n) is 19.7. The third-order valence-electron chi connectivity index (χ3n) is 14.8. The van der Waals surface area contributed by atoms with Crippen molar-refractivity contribution < 1.29 is 138 Å². The van der Waals surface area contributed by atoms with E-state index < -0.39 is 215 Å². The van der Waals surface area contributed by atoms with Crippen molar-refractivity contribution in [2.24, 2.45) is 0 Å². The normalized spacial score (nSPS) is 55.4. The van der Waals surface area contributed by atoms with E-state index >= 15 is 0 Å². The van der Waals surface area contributed by atoms with Crippen molar-refractivity contribution in [2.75, 3.05) is 40.3 Å². The number of aliphatic hydroxyl groups excluding tert-OH is 14. The Bertz CT molecular complexity index is 1490. The predicted molar refractivity (Wildman–Crippen MR) is 276 cm³/mol. The summed E-state index contributed by atoms with van der Waals surface area (Å²) < 4.78 is 83.5. The van der Waals surface area contributed by atoms with E-state index in [0.717, 1.165) is 0 Å². The van der Waals surface area contributed by atoms with Crippen LogP contribution in [0.1, 0.15) is 0 Å². The lowest BCUT2D eigenvalue weighted by atomic mass is 9.95. The average Bonchev–Trinajstić information content (AvgIpc) is 3.46. The van der Waals surface area contributed by atoms with E-state index in [9.17, 15) is 71.5 Å². The summed E-state index contributed by atoms with van der Waals surface area (Å²) in [5.41, 5.74) is 0. The molecule has 21 aliphatic heterocycles. The van der Waals surface area contributed by atoms with E-state index in [-0.39, 0.29) is 40.3 Å². The van der Waals surface area contributed by atoms with Crippen molar-refractivity contribution in [3.63, 3.8) is 0 Å². The lowest BCUT2D eigenvalue weighted by molar-refractivity contribution is -0.389. The molecule has 28 nitrogen and oxygen atoms in total. The Morgan fingerprint density at radius 2 is 0.273 bits per heavy atom. The molecule has 21 aliphatic rings. The minimum absolute atomic E-state index is 0.240. The summed E-state index contributed by atoms with van der Waals surface area (Å²) in [6, 6.07) is 0. The Morgan fingerprint density at radius 1 is 0.169 bits per heavy atom. The molecule has 14 bridgehead atoms. The fraction of sp³-hybridized carbons (Fsp3) is 1.00. The van der Waals surface area contributed by atoms with Crippen LogP contribution in [0.15, 0.2) is 0 Å². The van der Waals surface area contributed by atoms with Crippen molar-refractivity contribution >= 4 is 88.4 Å². The lowest BCUT2D eigenvalue weighted by Gasteiger charge is -2.50. The molecule has 0 aromatic carbocycles. The van der Waals surface area contributed by atoms with Crippen LogP contribution in [0.2, 0.25) is 0 Å². The number of rotatable bonds is 7. The molecule has 0 radical (unpaired) electrons. The average molecular weight is 1250 g/mol.